The van der Waals surface area contributed by atoms with Crippen molar-refractivity contribution in [3.05, 3.63) is 76.1 Å². The number of nitrogens with one attached hydrogen (secondary N) is 1. The van der Waals surface area contributed by atoms with Gasteiger partial charge in [0.1, 0.15) is 5.75 Å². The van der Waals surface area contributed by atoms with E-state index in [2.05, 4.69) is 10.5 Å². The number of nitrogens with zero attached hydrogens (tertiary/aromatic N) is 1. The van der Waals surface area contributed by atoms with E-state index >= 15 is 0 Å². The Hall–Kier alpha value is -3.74. The fourth-order valence-electron chi connectivity index (χ4n) is 4.77. The minimum Gasteiger partial charge on any atom is -0.508 e. The van der Waals surface area contributed by atoms with Crippen LogP contribution in [0.3, 0.4) is 0 Å². The Bertz CT molecular complexity index is 1230. The molecule has 3 N–H and O–H groups in total. The van der Waals surface area contributed by atoms with Gasteiger partial charge in [-0.15, -0.1) is 0 Å². The summed E-state index contributed by atoms with van der Waals surface area (Å²) in [5.74, 6) is 0.872. The molecule has 0 saturated carbocycles. The predicted octanol–water partition coefficient (Wildman–Crippen LogP) is 4.75. The van der Waals surface area contributed by atoms with Crippen LogP contribution in [0.1, 0.15) is 54.0 Å². The number of allylic oxidation sites excluding steroid dienone is 2. The van der Waals surface area contributed by atoms with Crippen LogP contribution in [0.2, 0.25) is 0 Å². The van der Waals surface area contributed by atoms with E-state index in [0.717, 1.165) is 22.4 Å². The molecule has 7 heteroatoms. The second kappa shape index (κ2) is 7.75. The first-order valence-corrected chi connectivity index (χ1v) is 10.7. The highest BCUT2D eigenvalue weighted by Gasteiger charge is 2.41. The number of fused-ring (bicyclic) bond motifs is 1. The van der Waals surface area contributed by atoms with Gasteiger partial charge < -0.3 is 24.8 Å². The van der Waals surface area contributed by atoms with Gasteiger partial charge in [0.15, 0.2) is 17.3 Å². The number of anilines is 1. The monoisotopic (exact) mass is 432 g/mol. The highest BCUT2D eigenvalue weighted by atomic mass is 16.5. The van der Waals surface area contributed by atoms with E-state index in [1.807, 2.05) is 32.0 Å². The van der Waals surface area contributed by atoms with Crippen molar-refractivity contribution in [1.29, 1.82) is 0 Å². The van der Waals surface area contributed by atoms with Crippen LogP contribution < -0.4 is 10.1 Å². The van der Waals surface area contributed by atoms with Crippen molar-refractivity contribution in [3.8, 4) is 17.2 Å². The van der Waals surface area contributed by atoms with Gasteiger partial charge >= 0.3 is 0 Å². The molecule has 32 heavy (non-hydrogen) atoms. The number of carbonyl (C=O) groups is 1. The van der Waals surface area contributed by atoms with Crippen LogP contribution in [0, 0.1) is 6.92 Å². The smallest absolute Gasteiger partial charge is 0.233 e. The molecule has 2 heterocycles. The van der Waals surface area contributed by atoms with Gasteiger partial charge in [0, 0.05) is 23.6 Å². The Balaban J connectivity index is 1.61. The van der Waals surface area contributed by atoms with Gasteiger partial charge in [0.2, 0.25) is 5.88 Å². The third kappa shape index (κ3) is 3.30. The fourth-order valence-corrected chi connectivity index (χ4v) is 4.77. The summed E-state index contributed by atoms with van der Waals surface area (Å²) in [5.41, 5.74) is 4.90. The SMILES string of the molecule is CCOc1cc([C@H]2C3=C(C[C@@H](c4ccc(O)cc4)CC3=O)Nc3onc(C)c32)ccc1O. The number of Topliss-reactive ketones (excluding diaryl/α,β-unsaturated/α-hetero) is 1. The summed E-state index contributed by atoms with van der Waals surface area (Å²) in [6, 6.07) is 12.2. The van der Waals surface area contributed by atoms with E-state index in [4.69, 9.17) is 9.26 Å². The molecule has 0 spiro atoms. The van der Waals surface area contributed by atoms with Gasteiger partial charge in [0.25, 0.3) is 0 Å². The molecule has 0 radical (unpaired) electrons. The zero-order chi connectivity index (χ0) is 22.4. The van der Waals surface area contributed by atoms with Gasteiger partial charge in [-0.2, -0.15) is 0 Å². The van der Waals surface area contributed by atoms with E-state index in [-0.39, 0.29) is 29.1 Å². The summed E-state index contributed by atoms with van der Waals surface area (Å²) >= 11 is 0. The van der Waals surface area contributed by atoms with Crippen molar-refractivity contribution in [2.24, 2.45) is 0 Å². The molecule has 0 amide bonds. The Morgan fingerprint density at radius 2 is 1.88 bits per heavy atom. The summed E-state index contributed by atoms with van der Waals surface area (Å²) in [6.45, 7) is 4.13. The summed E-state index contributed by atoms with van der Waals surface area (Å²) in [4.78, 5) is 13.5. The van der Waals surface area contributed by atoms with E-state index in [9.17, 15) is 15.0 Å². The first kappa shape index (κ1) is 20.2. The lowest BCUT2D eigenvalue weighted by molar-refractivity contribution is -0.116. The number of ether oxygens (including phenoxy) is 1. The number of hydrogen-bond acceptors (Lipinski definition) is 7. The third-order valence-corrected chi connectivity index (χ3v) is 6.24. The van der Waals surface area contributed by atoms with E-state index in [0.29, 0.717) is 42.3 Å². The number of phenolic OH excluding ortho intramolecular Hbond substituents is 2. The van der Waals surface area contributed by atoms with Crippen LogP contribution in [0.5, 0.6) is 17.2 Å². The van der Waals surface area contributed by atoms with Gasteiger partial charge in [-0.05, 0) is 61.6 Å². The van der Waals surface area contributed by atoms with Crippen LogP contribution in [-0.4, -0.2) is 27.8 Å². The van der Waals surface area contributed by atoms with Crippen LogP contribution in [-0.2, 0) is 4.79 Å². The Kier molecular flexibility index (Phi) is 4.89. The van der Waals surface area contributed by atoms with Crippen molar-refractivity contribution < 1.29 is 24.3 Å². The second-order valence-corrected chi connectivity index (χ2v) is 8.24. The largest absolute Gasteiger partial charge is 0.508 e. The molecule has 2 aliphatic rings. The maximum absolute atomic E-state index is 13.5. The molecule has 5 rings (SSSR count). The van der Waals surface area contributed by atoms with Crippen LogP contribution in [0.15, 0.2) is 58.3 Å². The zero-order valence-corrected chi connectivity index (χ0v) is 17.9. The van der Waals surface area contributed by atoms with Crippen LogP contribution in [0.4, 0.5) is 5.88 Å². The topological polar surface area (TPSA) is 105 Å². The molecular formula is C25H24N2O5. The van der Waals surface area contributed by atoms with Gasteiger partial charge in [-0.1, -0.05) is 23.4 Å². The first-order chi connectivity index (χ1) is 15.5. The van der Waals surface area contributed by atoms with Crippen LogP contribution in [0.25, 0.3) is 0 Å². The molecule has 0 fully saturated rings. The van der Waals surface area contributed by atoms with E-state index < -0.39 is 0 Å². The Morgan fingerprint density at radius 3 is 2.62 bits per heavy atom. The fraction of sp³-hybridized carbons (Fsp3) is 0.280. The minimum atomic E-state index is -0.361. The lowest BCUT2D eigenvalue weighted by atomic mass is 9.72. The molecule has 2 aromatic carbocycles. The number of aromatic nitrogens is 1. The molecule has 2 atom stereocenters. The molecule has 164 valence electrons. The van der Waals surface area contributed by atoms with E-state index in [1.165, 1.54) is 0 Å². The normalized spacial score (nSPS) is 19.9. The first-order valence-electron chi connectivity index (χ1n) is 10.7. The summed E-state index contributed by atoms with van der Waals surface area (Å²) < 4.78 is 11.1. The highest BCUT2D eigenvalue weighted by molar-refractivity contribution is 6.01. The minimum absolute atomic E-state index is 0.000582. The van der Waals surface area contributed by atoms with Gasteiger partial charge in [-0.25, -0.2) is 0 Å². The lowest BCUT2D eigenvalue weighted by Gasteiger charge is -2.34. The Labute approximate surface area is 185 Å². The number of benzene rings is 2. The summed E-state index contributed by atoms with van der Waals surface area (Å²) in [7, 11) is 0. The summed E-state index contributed by atoms with van der Waals surface area (Å²) in [5, 5.41) is 27.2. The average molecular weight is 432 g/mol. The lowest BCUT2D eigenvalue weighted by Crippen LogP contribution is -2.29. The number of phenols is 2. The number of aromatic hydroxyl groups is 2. The van der Waals surface area contributed by atoms with Crippen molar-refractivity contribution in [2.45, 2.75) is 38.5 Å². The maximum Gasteiger partial charge on any atom is 0.233 e. The van der Waals surface area contributed by atoms with Crippen molar-refractivity contribution in [2.75, 3.05) is 11.9 Å². The standard InChI is InChI=1S/C25H24N2O5/c1-3-31-21-12-15(6-9-19(21)29)23-22-13(2)27-32-25(22)26-18-10-16(11-20(30)24(18)23)14-4-7-17(28)8-5-14/h4-9,12,16,23,26,28-29H,3,10-11H2,1-2H3/t16-,23-/m1/s1. The van der Waals surface area contributed by atoms with Gasteiger partial charge in [-0.3, -0.25) is 4.79 Å². The zero-order valence-electron chi connectivity index (χ0n) is 17.9. The molecule has 1 aliphatic carbocycles. The number of aryl methyl sites for hydroxylation is 1. The number of hydrogen-bond donors (Lipinski definition) is 3. The highest BCUT2D eigenvalue weighted by Crippen LogP contribution is 2.50. The van der Waals surface area contributed by atoms with Gasteiger partial charge in [0.05, 0.1) is 17.9 Å². The molecule has 1 aliphatic heterocycles. The van der Waals surface area contributed by atoms with E-state index in [1.54, 1.807) is 24.3 Å². The molecule has 0 unspecified atom stereocenters. The predicted molar refractivity (Wildman–Crippen MR) is 118 cm³/mol. The Morgan fingerprint density at radius 1 is 1.12 bits per heavy atom. The molecule has 3 aromatic rings. The number of ketones is 1. The molecule has 0 saturated heterocycles. The molecule has 0 bridgehead atoms. The molecule has 7 nitrogen and oxygen atoms in total. The van der Waals surface area contributed by atoms with Crippen molar-refractivity contribution in [3.63, 3.8) is 0 Å². The summed E-state index contributed by atoms with van der Waals surface area (Å²) in [6.07, 6.45) is 1.01. The molecule has 1 aromatic heterocycles. The van der Waals surface area contributed by atoms with Crippen molar-refractivity contribution >= 4 is 11.7 Å². The maximum atomic E-state index is 13.5. The molecular weight excluding hydrogens is 408 g/mol. The average Bonchev–Trinajstić information content (AvgIpc) is 3.15. The van der Waals surface area contributed by atoms with Crippen molar-refractivity contribution in [1.82, 2.24) is 5.16 Å². The van der Waals surface area contributed by atoms with Crippen LogP contribution >= 0.6 is 0 Å². The number of carbonyl (C=O) groups excluding carboxylic acids is 1. The second-order valence-electron chi connectivity index (χ2n) is 8.24. The third-order valence-electron chi connectivity index (χ3n) is 6.24. The quantitative estimate of drug-likeness (QED) is 0.546. The number of rotatable bonds is 4.